The molecule has 5 nitrogen and oxygen atoms in total. The molecule has 0 aromatic heterocycles. The Labute approximate surface area is 171 Å². The van der Waals surface area contributed by atoms with Crippen molar-refractivity contribution in [3.63, 3.8) is 0 Å². The summed E-state index contributed by atoms with van der Waals surface area (Å²) in [5.41, 5.74) is 3.07. The van der Waals surface area contributed by atoms with Crippen LogP contribution in [0.15, 0.2) is 60.7 Å². The molecule has 1 fully saturated rings. The summed E-state index contributed by atoms with van der Waals surface area (Å²) < 4.78 is 0. The van der Waals surface area contributed by atoms with Gasteiger partial charge in [-0.2, -0.15) is 0 Å². The predicted molar refractivity (Wildman–Crippen MR) is 115 cm³/mol. The first-order chi connectivity index (χ1) is 14.1. The second-order valence-electron chi connectivity index (χ2n) is 8.05. The third-order valence-electron chi connectivity index (χ3n) is 5.85. The lowest BCUT2D eigenvalue weighted by Gasteiger charge is -2.29. The Bertz CT molecular complexity index is 993. The normalized spacial score (nSPS) is 19.2. The van der Waals surface area contributed by atoms with Crippen LogP contribution in [0, 0.1) is 6.92 Å². The second kappa shape index (κ2) is 8.64. The fourth-order valence-corrected chi connectivity index (χ4v) is 4.14. The monoisotopic (exact) mass is 391 g/mol. The first kappa shape index (κ1) is 19.4. The molecule has 0 bridgehead atoms. The number of phenolic OH excluding ortho intramolecular Hbond substituents is 1. The van der Waals surface area contributed by atoms with E-state index in [-0.39, 0.29) is 5.91 Å². The zero-order valence-electron chi connectivity index (χ0n) is 16.9. The number of benzene rings is 3. The highest BCUT2D eigenvalue weighted by molar-refractivity contribution is 5.91. The van der Waals surface area contributed by atoms with Crippen LogP contribution in [-0.2, 0) is 11.3 Å². The SMILES string of the molecule is Cc1ccc(NC(=O)C[NH+]2CC[NH+](Cc3c(O)ccc4ccccc34)CC2)cc1. The topological polar surface area (TPSA) is 58.2 Å². The minimum atomic E-state index is 0.0685. The summed E-state index contributed by atoms with van der Waals surface area (Å²) in [6.07, 6.45) is 0. The Kier molecular flexibility index (Phi) is 5.79. The maximum Gasteiger partial charge on any atom is 0.279 e. The summed E-state index contributed by atoms with van der Waals surface area (Å²) in [6.45, 7) is 7.27. The average Bonchev–Trinajstić information content (AvgIpc) is 2.73. The van der Waals surface area contributed by atoms with Gasteiger partial charge in [0, 0.05) is 5.69 Å². The fourth-order valence-electron chi connectivity index (χ4n) is 4.14. The van der Waals surface area contributed by atoms with Crippen molar-refractivity contribution >= 4 is 22.4 Å². The van der Waals surface area contributed by atoms with Crippen molar-refractivity contribution in [3.8, 4) is 5.75 Å². The van der Waals surface area contributed by atoms with Gasteiger partial charge < -0.3 is 20.2 Å². The van der Waals surface area contributed by atoms with Crippen LogP contribution >= 0.6 is 0 Å². The number of aryl methyl sites for hydroxylation is 1. The lowest BCUT2D eigenvalue weighted by molar-refractivity contribution is -1.01. The number of carbonyl (C=O) groups excluding carboxylic acids is 1. The second-order valence-corrected chi connectivity index (χ2v) is 8.05. The van der Waals surface area contributed by atoms with E-state index in [9.17, 15) is 9.90 Å². The number of piperazine rings is 1. The van der Waals surface area contributed by atoms with Gasteiger partial charge in [-0.25, -0.2) is 0 Å². The Morgan fingerprint density at radius 1 is 0.931 bits per heavy atom. The zero-order valence-corrected chi connectivity index (χ0v) is 16.9. The molecule has 0 saturated carbocycles. The number of nitrogens with one attached hydrogen (secondary N) is 3. The number of rotatable bonds is 5. The number of fused-ring (bicyclic) bond motifs is 1. The Morgan fingerprint density at radius 2 is 1.62 bits per heavy atom. The summed E-state index contributed by atoms with van der Waals surface area (Å²) in [5, 5.41) is 15.7. The number of aromatic hydroxyl groups is 1. The quantitative estimate of drug-likeness (QED) is 0.520. The van der Waals surface area contributed by atoms with Crippen molar-refractivity contribution < 1.29 is 19.7 Å². The van der Waals surface area contributed by atoms with Crippen molar-refractivity contribution in [2.45, 2.75) is 13.5 Å². The van der Waals surface area contributed by atoms with E-state index in [1.165, 1.54) is 15.4 Å². The summed E-state index contributed by atoms with van der Waals surface area (Å²) in [7, 11) is 0. The zero-order chi connectivity index (χ0) is 20.2. The molecule has 4 rings (SSSR count). The van der Waals surface area contributed by atoms with Crippen molar-refractivity contribution in [1.29, 1.82) is 0 Å². The third kappa shape index (κ3) is 4.75. The molecule has 150 valence electrons. The number of hydrogen-bond donors (Lipinski definition) is 4. The van der Waals surface area contributed by atoms with Crippen molar-refractivity contribution in [1.82, 2.24) is 0 Å². The lowest BCUT2D eigenvalue weighted by atomic mass is 10.0. The molecule has 1 aliphatic rings. The van der Waals surface area contributed by atoms with Gasteiger partial charge in [-0.3, -0.25) is 4.79 Å². The fraction of sp³-hybridized carbons (Fsp3) is 0.292. The van der Waals surface area contributed by atoms with Crippen LogP contribution in [0.3, 0.4) is 0 Å². The number of quaternary nitrogens is 2. The third-order valence-corrected chi connectivity index (χ3v) is 5.85. The maximum atomic E-state index is 12.4. The van der Waals surface area contributed by atoms with Gasteiger partial charge >= 0.3 is 0 Å². The van der Waals surface area contributed by atoms with Crippen LogP contribution in [-0.4, -0.2) is 43.7 Å². The summed E-state index contributed by atoms with van der Waals surface area (Å²) in [5.74, 6) is 0.447. The van der Waals surface area contributed by atoms with Gasteiger partial charge in [0.25, 0.3) is 5.91 Å². The van der Waals surface area contributed by atoms with Crippen LogP contribution in [0.4, 0.5) is 5.69 Å². The van der Waals surface area contributed by atoms with Crippen LogP contribution in [0.25, 0.3) is 10.8 Å². The number of anilines is 1. The Hall–Kier alpha value is -2.89. The highest BCUT2D eigenvalue weighted by Gasteiger charge is 2.26. The molecule has 1 aliphatic heterocycles. The van der Waals surface area contributed by atoms with E-state index >= 15 is 0 Å². The number of amides is 1. The molecular weight excluding hydrogens is 362 g/mol. The molecule has 3 aromatic carbocycles. The first-order valence-corrected chi connectivity index (χ1v) is 10.3. The van der Waals surface area contributed by atoms with E-state index in [4.69, 9.17) is 0 Å². The number of hydrogen-bond acceptors (Lipinski definition) is 2. The Balaban J connectivity index is 1.31. The molecule has 1 heterocycles. The summed E-state index contributed by atoms with van der Waals surface area (Å²) >= 11 is 0. The molecule has 5 heteroatoms. The maximum absolute atomic E-state index is 12.4. The molecule has 1 saturated heterocycles. The van der Waals surface area contributed by atoms with Crippen LogP contribution < -0.4 is 15.1 Å². The van der Waals surface area contributed by atoms with E-state index in [0.717, 1.165) is 54.7 Å². The molecule has 0 unspecified atom stereocenters. The summed E-state index contributed by atoms with van der Waals surface area (Å²) in [4.78, 5) is 15.1. The largest absolute Gasteiger partial charge is 0.507 e. The molecule has 4 N–H and O–H groups in total. The van der Waals surface area contributed by atoms with Gasteiger partial charge in [0.05, 0.1) is 5.56 Å². The van der Waals surface area contributed by atoms with Gasteiger partial charge in [-0.1, -0.05) is 48.0 Å². The first-order valence-electron chi connectivity index (χ1n) is 10.3. The smallest absolute Gasteiger partial charge is 0.279 e. The standard InChI is InChI=1S/C24H27N3O2/c1-18-6-9-20(10-7-18)25-24(29)17-27-14-12-26(13-15-27)16-22-21-5-3-2-4-19(21)8-11-23(22)28/h2-11,28H,12-17H2,1H3,(H,25,29)/p+2. The molecular formula is C24H29N3O2+2. The predicted octanol–water partition coefficient (Wildman–Crippen LogP) is 0.776. The van der Waals surface area contributed by atoms with Gasteiger partial charge in [0.1, 0.15) is 38.5 Å². The highest BCUT2D eigenvalue weighted by atomic mass is 16.3. The molecule has 3 aromatic rings. The van der Waals surface area contributed by atoms with Gasteiger partial charge in [-0.15, -0.1) is 0 Å². The highest BCUT2D eigenvalue weighted by Crippen LogP contribution is 2.26. The van der Waals surface area contributed by atoms with Crippen molar-refractivity contribution in [3.05, 3.63) is 71.8 Å². The molecule has 0 atom stereocenters. The van der Waals surface area contributed by atoms with Crippen molar-refractivity contribution in [2.24, 2.45) is 0 Å². The number of carbonyl (C=O) groups is 1. The lowest BCUT2D eigenvalue weighted by Crippen LogP contribution is -3.28. The minimum Gasteiger partial charge on any atom is -0.507 e. The van der Waals surface area contributed by atoms with Gasteiger partial charge in [0.2, 0.25) is 0 Å². The van der Waals surface area contributed by atoms with E-state index in [1.54, 1.807) is 6.07 Å². The van der Waals surface area contributed by atoms with Crippen LogP contribution in [0.5, 0.6) is 5.75 Å². The van der Waals surface area contributed by atoms with E-state index in [1.807, 2.05) is 49.4 Å². The van der Waals surface area contributed by atoms with E-state index in [2.05, 4.69) is 17.4 Å². The Morgan fingerprint density at radius 3 is 2.38 bits per heavy atom. The summed E-state index contributed by atoms with van der Waals surface area (Å²) in [6, 6.07) is 19.9. The molecule has 29 heavy (non-hydrogen) atoms. The van der Waals surface area contributed by atoms with Gasteiger partial charge in [-0.05, 0) is 35.9 Å². The average molecular weight is 392 g/mol. The molecule has 0 spiro atoms. The van der Waals surface area contributed by atoms with Crippen LogP contribution in [0.2, 0.25) is 0 Å². The van der Waals surface area contributed by atoms with Crippen LogP contribution in [0.1, 0.15) is 11.1 Å². The molecule has 0 radical (unpaired) electrons. The molecule has 1 amide bonds. The molecule has 0 aliphatic carbocycles. The van der Waals surface area contributed by atoms with E-state index in [0.29, 0.717) is 12.3 Å². The number of phenols is 1. The van der Waals surface area contributed by atoms with Gasteiger partial charge in [0.15, 0.2) is 6.54 Å². The van der Waals surface area contributed by atoms with E-state index < -0.39 is 0 Å². The van der Waals surface area contributed by atoms with Crippen molar-refractivity contribution in [2.75, 3.05) is 38.0 Å². The minimum absolute atomic E-state index is 0.0685.